The summed E-state index contributed by atoms with van der Waals surface area (Å²) in [6.07, 6.45) is 3.29. The van der Waals surface area contributed by atoms with Crippen LogP contribution in [-0.2, 0) is 38.8 Å². The van der Waals surface area contributed by atoms with Crippen LogP contribution in [-0.4, -0.2) is 66.5 Å². The number of hydrogen-bond acceptors (Lipinski definition) is 8. The quantitative estimate of drug-likeness (QED) is 0.168. The van der Waals surface area contributed by atoms with Gasteiger partial charge in [-0.05, 0) is 48.1 Å². The number of nitrogens with one attached hydrogen (secondary N) is 3. The number of benzene rings is 2. The van der Waals surface area contributed by atoms with E-state index in [1.807, 2.05) is 38.1 Å². The van der Waals surface area contributed by atoms with E-state index in [1.54, 1.807) is 0 Å². The summed E-state index contributed by atoms with van der Waals surface area (Å²) in [5.74, 6) is -4.14. The highest BCUT2D eigenvalue weighted by Gasteiger charge is 2.32. The molecule has 0 saturated carbocycles. The molecule has 3 atom stereocenters. The van der Waals surface area contributed by atoms with Crippen LogP contribution in [0.1, 0.15) is 53.9 Å². The summed E-state index contributed by atoms with van der Waals surface area (Å²) in [5.41, 5.74) is 8.83. The third-order valence-electron chi connectivity index (χ3n) is 6.78. The van der Waals surface area contributed by atoms with Gasteiger partial charge in [0, 0.05) is 25.2 Å². The van der Waals surface area contributed by atoms with Gasteiger partial charge < -0.3 is 26.1 Å². The molecule has 234 valence electrons. The van der Waals surface area contributed by atoms with Crippen LogP contribution in [0.25, 0.3) is 0 Å². The number of aromatic nitrogens is 2. The van der Waals surface area contributed by atoms with E-state index in [0.717, 1.165) is 35.7 Å². The second kappa shape index (κ2) is 16.2. The minimum atomic E-state index is -3.75. The largest absolute Gasteiger partial charge is 0.458 e. The molecule has 0 radical (unpaired) electrons. The molecule has 3 rings (SSSR count). The van der Waals surface area contributed by atoms with E-state index in [2.05, 4.69) is 20.6 Å². The molecule has 1 unspecified atom stereocenters. The van der Waals surface area contributed by atoms with Gasteiger partial charge >= 0.3 is 5.97 Å². The van der Waals surface area contributed by atoms with Crippen LogP contribution in [0.3, 0.4) is 0 Å². The number of carbonyl (C=O) groups excluding carboxylic acids is 2. The SMILES string of the molecule is CCCCS(=O)(=O)C[C@@H](NC(=O)c1cnc[nH]1)C(=O)O[C@H](CNCc1cccc(CC)c1)C(N)Cc1cc(F)cc(F)c1. The van der Waals surface area contributed by atoms with E-state index in [0.29, 0.717) is 19.4 Å². The number of unbranched alkanes of at least 4 members (excludes halogenated alkanes) is 1. The molecule has 1 heterocycles. The second-order valence-corrected chi connectivity index (χ2v) is 12.6. The van der Waals surface area contributed by atoms with Gasteiger partial charge in [0.05, 0.1) is 24.0 Å². The van der Waals surface area contributed by atoms with Crippen molar-refractivity contribution in [3.05, 3.63) is 89.0 Å². The Balaban J connectivity index is 1.81. The summed E-state index contributed by atoms with van der Waals surface area (Å²) in [6.45, 7) is 4.34. The number of ether oxygens (including phenoxy) is 1. The third-order valence-corrected chi connectivity index (χ3v) is 8.53. The Bertz CT molecular complexity index is 1430. The molecule has 0 spiro atoms. The van der Waals surface area contributed by atoms with E-state index >= 15 is 0 Å². The molecule has 13 heteroatoms. The fourth-order valence-electron chi connectivity index (χ4n) is 4.45. The number of sulfone groups is 1. The Morgan fingerprint density at radius 3 is 2.44 bits per heavy atom. The van der Waals surface area contributed by atoms with E-state index in [4.69, 9.17) is 10.5 Å². The summed E-state index contributed by atoms with van der Waals surface area (Å²) in [7, 11) is -3.75. The molecule has 0 aliphatic rings. The highest BCUT2D eigenvalue weighted by Crippen LogP contribution is 2.14. The van der Waals surface area contributed by atoms with E-state index in [1.165, 1.54) is 12.5 Å². The number of hydrogen-bond donors (Lipinski definition) is 4. The molecular formula is C30H39F2N5O5S. The molecule has 10 nitrogen and oxygen atoms in total. The average molecular weight is 620 g/mol. The van der Waals surface area contributed by atoms with Crippen molar-refractivity contribution in [3.8, 4) is 0 Å². The summed E-state index contributed by atoms with van der Waals surface area (Å²) >= 11 is 0. The van der Waals surface area contributed by atoms with Gasteiger partial charge in [-0.1, -0.05) is 44.5 Å². The molecule has 1 amide bonds. The van der Waals surface area contributed by atoms with Crippen LogP contribution in [0.4, 0.5) is 8.78 Å². The summed E-state index contributed by atoms with van der Waals surface area (Å²) in [4.78, 5) is 32.6. The van der Waals surface area contributed by atoms with Crippen molar-refractivity contribution >= 4 is 21.7 Å². The first kappa shape index (κ1) is 33.8. The lowest BCUT2D eigenvalue weighted by Crippen LogP contribution is -2.52. The van der Waals surface area contributed by atoms with Crippen LogP contribution in [0.5, 0.6) is 0 Å². The number of rotatable bonds is 17. The summed E-state index contributed by atoms with van der Waals surface area (Å²) < 4.78 is 59.0. The summed E-state index contributed by atoms with van der Waals surface area (Å²) in [5, 5.41) is 5.63. The lowest BCUT2D eigenvalue weighted by molar-refractivity contribution is -0.151. The van der Waals surface area contributed by atoms with Gasteiger partial charge in [0.15, 0.2) is 9.84 Å². The Labute approximate surface area is 250 Å². The van der Waals surface area contributed by atoms with Crippen LogP contribution in [0.15, 0.2) is 55.0 Å². The number of carbonyl (C=O) groups is 2. The molecule has 2 aromatic carbocycles. The second-order valence-electron chi connectivity index (χ2n) is 10.4. The topological polar surface area (TPSA) is 156 Å². The van der Waals surface area contributed by atoms with Gasteiger partial charge in [-0.2, -0.15) is 0 Å². The van der Waals surface area contributed by atoms with Gasteiger partial charge in [-0.15, -0.1) is 0 Å². The van der Waals surface area contributed by atoms with Crippen LogP contribution >= 0.6 is 0 Å². The molecule has 1 aromatic heterocycles. The van der Waals surface area contributed by atoms with Crippen molar-refractivity contribution in [2.75, 3.05) is 18.1 Å². The summed E-state index contributed by atoms with van der Waals surface area (Å²) in [6, 6.07) is 8.46. The number of nitrogens with two attached hydrogens (primary N) is 1. The predicted molar refractivity (Wildman–Crippen MR) is 159 cm³/mol. The first-order chi connectivity index (χ1) is 20.5. The predicted octanol–water partition coefficient (Wildman–Crippen LogP) is 2.84. The van der Waals surface area contributed by atoms with Gasteiger partial charge in [-0.3, -0.25) is 4.79 Å². The van der Waals surface area contributed by atoms with Crippen molar-refractivity contribution in [1.82, 2.24) is 20.6 Å². The molecule has 0 bridgehead atoms. The molecule has 0 aliphatic heterocycles. The molecule has 0 fully saturated rings. The van der Waals surface area contributed by atoms with Crippen molar-refractivity contribution in [3.63, 3.8) is 0 Å². The highest BCUT2D eigenvalue weighted by molar-refractivity contribution is 7.91. The number of aryl methyl sites for hydroxylation is 1. The minimum absolute atomic E-state index is 0.0288. The van der Waals surface area contributed by atoms with Gasteiger partial charge in [0.25, 0.3) is 5.91 Å². The first-order valence-corrected chi connectivity index (χ1v) is 16.0. The molecule has 0 saturated heterocycles. The number of nitrogens with zero attached hydrogens (tertiary/aromatic N) is 1. The fraction of sp³-hybridized carbons (Fsp3) is 0.433. The van der Waals surface area contributed by atoms with E-state index in [-0.39, 0.29) is 30.0 Å². The van der Waals surface area contributed by atoms with Crippen molar-refractivity contribution in [1.29, 1.82) is 0 Å². The normalized spacial score (nSPS) is 13.7. The minimum Gasteiger partial charge on any atom is -0.458 e. The maximum Gasteiger partial charge on any atom is 0.330 e. The zero-order valence-corrected chi connectivity index (χ0v) is 25.1. The molecule has 5 N–H and O–H groups in total. The average Bonchev–Trinajstić information content (AvgIpc) is 3.50. The number of amides is 1. The van der Waals surface area contributed by atoms with Gasteiger partial charge in [0.1, 0.15) is 29.5 Å². The van der Waals surface area contributed by atoms with Crippen LogP contribution < -0.4 is 16.4 Å². The van der Waals surface area contributed by atoms with E-state index in [9.17, 15) is 26.8 Å². The smallest absolute Gasteiger partial charge is 0.330 e. The molecule has 3 aromatic rings. The van der Waals surface area contributed by atoms with Crippen LogP contribution in [0, 0.1) is 11.6 Å². The highest BCUT2D eigenvalue weighted by atomic mass is 32.2. The maximum absolute atomic E-state index is 13.8. The standard InChI is InChI=1S/C30H39F2N5O5S/c1-3-5-9-43(40,41)18-27(37-29(38)26-16-35-19-36-26)30(39)42-28(17-34-15-21-8-6-7-20(4-2)10-21)25(33)13-22-11-23(31)14-24(32)12-22/h6-8,10-12,14,16,19,25,27-28,34H,3-5,9,13,15,17-18,33H2,1-2H3,(H,35,36)(H,37,38)/t25?,27-,28-/m1/s1. The molecule has 43 heavy (non-hydrogen) atoms. The number of esters is 1. The van der Waals surface area contributed by atoms with Crippen molar-refractivity contribution in [2.45, 2.75) is 64.3 Å². The monoisotopic (exact) mass is 619 g/mol. The number of halogens is 2. The lowest BCUT2D eigenvalue weighted by Gasteiger charge is -2.27. The number of aromatic amines is 1. The number of H-pyrrole nitrogens is 1. The van der Waals surface area contributed by atoms with Gasteiger partial charge in [0.2, 0.25) is 0 Å². The third kappa shape index (κ3) is 11.2. The zero-order chi connectivity index (χ0) is 31.4. The van der Waals surface area contributed by atoms with Crippen molar-refractivity contribution in [2.24, 2.45) is 5.73 Å². The Morgan fingerprint density at radius 1 is 1.07 bits per heavy atom. The molecular weight excluding hydrogens is 580 g/mol. The Morgan fingerprint density at radius 2 is 1.79 bits per heavy atom. The Hall–Kier alpha value is -3.68. The first-order valence-electron chi connectivity index (χ1n) is 14.2. The van der Waals surface area contributed by atoms with Crippen molar-refractivity contribution < 1.29 is 31.5 Å². The van der Waals surface area contributed by atoms with E-state index < -0.39 is 57.3 Å². The van der Waals surface area contributed by atoms with Gasteiger partial charge in [-0.25, -0.2) is 27.0 Å². The lowest BCUT2D eigenvalue weighted by atomic mass is 10.0. The molecule has 0 aliphatic carbocycles. The number of imidazole rings is 1. The van der Waals surface area contributed by atoms with Crippen LogP contribution in [0.2, 0.25) is 0 Å². The fourth-order valence-corrected chi connectivity index (χ4v) is 6.07. The maximum atomic E-state index is 13.8. The zero-order valence-electron chi connectivity index (χ0n) is 24.3. The Kier molecular flexibility index (Phi) is 12.8.